The molecule has 1 rings (SSSR count). The lowest BCUT2D eigenvalue weighted by Crippen LogP contribution is -2.18. The zero-order chi connectivity index (χ0) is 11.3. The lowest BCUT2D eigenvalue weighted by atomic mass is 10.0. The summed E-state index contributed by atoms with van der Waals surface area (Å²) in [6.07, 6.45) is 0.843. The molecule has 0 radical (unpaired) electrons. The fourth-order valence-electron chi connectivity index (χ4n) is 1.56. The van der Waals surface area contributed by atoms with Crippen molar-refractivity contribution in [2.75, 3.05) is 14.2 Å². The first-order valence-electron chi connectivity index (χ1n) is 5.07. The topological polar surface area (TPSA) is 44.5 Å². The summed E-state index contributed by atoms with van der Waals surface area (Å²) in [5.74, 6) is 0.866. The monoisotopic (exact) mass is 209 g/mol. The molecule has 2 N–H and O–H groups in total. The number of benzene rings is 1. The standard InChI is InChI=1S/C12H19NO2/c1-9(13)6-11-7-12(15-3)5-4-10(11)8-14-2/h4-5,7,9H,6,8,13H2,1-3H3. The molecule has 15 heavy (non-hydrogen) atoms. The molecule has 3 nitrogen and oxygen atoms in total. The Morgan fingerprint density at radius 3 is 2.53 bits per heavy atom. The summed E-state index contributed by atoms with van der Waals surface area (Å²) in [5, 5.41) is 0. The third-order valence-electron chi connectivity index (χ3n) is 2.26. The van der Waals surface area contributed by atoms with E-state index >= 15 is 0 Å². The lowest BCUT2D eigenvalue weighted by Gasteiger charge is -2.12. The number of hydrogen-bond acceptors (Lipinski definition) is 3. The minimum atomic E-state index is 0.146. The Morgan fingerprint density at radius 2 is 2.00 bits per heavy atom. The maximum Gasteiger partial charge on any atom is 0.119 e. The largest absolute Gasteiger partial charge is 0.497 e. The molecule has 84 valence electrons. The van der Waals surface area contributed by atoms with Crippen molar-refractivity contribution >= 4 is 0 Å². The molecule has 0 heterocycles. The zero-order valence-corrected chi connectivity index (χ0v) is 9.62. The normalized spacial score (nSPS) is 12.5. The molecule has 1 aromatic carbocycles. The lowest BCUT2D eigenvalue weighted by molar-refractivity contribution is 0.184. The van der Waals surface area contributed by atoms with Crippen molar-refractivity contribution in [1.82, 2.24) is 0 Å². The number of ether oxygens (including phenoxy) is 2. The van der Waals surface area contributed by atoms with E-state index in [9.17, 15) is 0 Å². The number of rotatable bonds is 5. The molecule has 0 aliphatic heterocycles. The van der Waals surface area contributed by atoms with Gasteiger partial charge in [-0.25, -0.2) is 0 Å². The second-order valence-electron chi connectivity index (χ2n) is 3.75. The van der Waals surface area contributed by atoms with Crippen molar-refractivity contribution in [2.45, 2.75) is 26.0 Å². The summed E-state index contributed by atoms with van der Waals surface area (Å²) in [4.78, 5) is 0. The van der Waals surface area contributed by atoms with Crippen LogP contribution in [0.1, 0.15) is 18.1 Å². The average Bonchev–Trinajstić information content (AvgIpc) is 2.20. The highest BCUT2D eigenvalue weighted by Gasteiger charge is 2.06. The minimum absolute atomic E-state index is 0.146. The van der Waals surface area contributed by atoms with E-state index in [0.29, 0.717) is 6.61 Å². The van der Waals surface area contributed by atoms with E-state index in [-0.39, 0.29) is 6.04 Å². The van der Waals surface area contributed by atoms with Gasteiger partial charge in [0.25, 0.3) is 0 Å². The van der Waals surface area contributed by atoms with Crippen molar-refractivity contribution in [3.05, 3.63) is 29.3 Å². The van der Waals surface area contributed by atoms with E-state index in [4.69, 9.17) is 15.2 Å². The molecular weight excluding hydrogens is 190 g/mol. The van der Waals surface area contributed by atoms with Gasteiger partial charge in [-0.15, -0.1) is 0 Å². The van der Waals surface area contributed by atoms with Gasteiger partial charge in [-0.05, 0) is 36.6 Å². The van der Waals surface area contributed by atoms with Crippen LogP contribution >= 0.6 is 0 Å². The van der Waals surface area contributed by atoms with Crippen LogP contribution in [0.4, 0.5) is 0 Å². The molecule has 0 fully saturated rings. The van der Waals surface area contributed by atoms with Gasteiger partial charge in [0, 0.05) is 13.2 Å². The van der Waals surface area contributed by atoms with E-state index in [1.165, 1.54) is 11.1 Å². The Balaban J connectivity index is 2.93. The minimum Gasteiger partial charge on any atom is -0.497 e. The Labute approximate surface area is 91.2 Å². The van der Waals surface area contributed by atoms with Crippen LogP contribution in [-0.2, 0) is 17.8 Å². The molecule has 1 aromatic rings. The van der Waals surface area contributed by atoms with Crippen LogP contribution in [0, 0.1) is 0 Å². The van der Waals surface area contributed by atoms with Gasteiger partial charge in [-0.2, -0.15) is 0 Å². The van der Waals surface area contributed by atoms with Gasteiger partial charge >= 0.3 is 0 Å². The highest BCUT2D eigenvalue weighted by Crippen LogP contribution is 2.19. The van der Waals surface area contributed by atoms with E-state index in [2.05, 4.69) is 0 Å². The summed E-state index contributed by atoms with van der Waals surface area (Å²) < 4.78 is 10.3. The predicted molar refractivity (Wildman–Crippen MR) is 61.1 cm³/mol. The summed E-state index contributed by atoms with van der Waals surface area (Å²) in [6, 6.07) is 6.14. The van der Waals surface area contributed by atoms with Crippen LogP contribution in [0.5, 0.6) is 5.75 Å². The zero-order valence-electron chi connectivity index (χ0n) is 9.62. The third kappa shape index (κ3) is 3.53. The fraction of sp³-hybridized carbons (Fsp3) is 0.500. The summed E-state index contributed by atoms with van der Waals surface area (Å²) in [5.41, 5.74) is 8.18. The van der Waals surface area contributed by atoms with Gasteiger partial charge in [0.05, 0.1) is 13.7 Å². The second kappa shape index (κ2) is 5.73. The molecule has 0 aliphatic carbocycles. The van der Waals surface area contributed by atoms with Crippen LogP contribution in [-0.4, -0.2) is 20.3 Å². The van der Waals surface area contributed by atoms with E-state index in [0.717, 1.165) is 12.2 Å². The first-order chi connectivity index (χ1) is 7.17. The first-order valence-corrected chi connectivity index (χ1v) is 5.07. The first kappa shape index (κ1) is 12.0. The molecule has 0 bridgehead atoms. The van der Waals surface area contributed by atoms with Crippen molar-refractivity contribution in [3.8, 4) is 5.75 Å². The molecule has 0 spiro atoms. The Morgan fingerprint density at radius 1 is 1.27 bits per heavy atom. The SMILES string of the molecule is COCc1ccc(OC)cc1CC(C)N. The van der Waals surface area contributed by atoms with Gasteiger partial charge in [-0.1, -0.05) is 6.07 Å². The van der Waals surface area contributed by atoms with Crippen molar-refractivity contribution in [3.63, 3.8) is 0 Å². The Bertz CT molecular complexity index is 310. The quantitative estimate of drug-likeness (QED) is 0.803. The Kier molecular flexibility index (Phi) is 4.59. The molecule has 0 amide bonds. The predicted octanol–water partition coefficient (Wildman–Crippen LogP) is 1.73. The molecule has 0 saturated heterocycles. The molecule has 3 heteroatoms. The second-order valence-corrected chi connectivity index (χ2v) is 3.75. The molecule has 1 atom stereocenters. The number of nitrogens with two attached hydrogens (primary N) is 1. The smallest absolute Gasteiger partial charge is 0.119 e. The van der Waals surface area contributed by atoms with E-state index < -0.39 is 0 Å². The number of hydrogen-bond donors (Lipinski definition) is 1. The van der Waals surface area contributed by atoms with Crippen LogP contribution in [0.25, 0.3) is 0 Å². The van der Waals surface area contributed by atoms with Crippen molar-refractivity contribution in [2.24, 2.45) is 5.73 Å². The molecule has 1 unspecified atom stereocenters. The summed E-state index contributed by atoms with van der Waals surface area (Å²) in [6.45, 7) is 2.61. The van der Waals surface area contributed by atoms with Crippen LogP contribution in [0.15, 0.2) is 18.2 Å². The van der Waals surface area contributed by atoms with Crippen LogP contribution in [0.3, 0.4) is 0 Å². The maximum absolute atomic E-state index is 5.80. The highest BCUT2D eigenvalue weighted by molar-refractivity contribution is 5.35. The van der Waals surface area contributed by atoms with E-state index in [1.54, 1.807) is 14.2 Å². The van der Waals surface area contributed by atoms with Gasteiger partial charge in [0.2, 0.25) is 0 Å². The summed E-state index contributed by atoms with van der Waals surface area (Å²) >= 11 is 0. The maximum atomic E-state index is 5.80. The summed E-state index contributed by atoms with van der Waals surface area (Å²) in [7, 11) is 3.36. The molecule has 0 aliphatic rings. The van der Waals surface area contributed by atoms with Crippen LogP contribution < -0.4 is 10.5 Å². The van der Waals surface area contributed by atoms with Gasteiger partial charge < -0.3 is 15.2 Å². The highest BCUT2D eigenvalue weighted by atomic mass is 16.5. The van der Waals surface area contributed by atoms with Gasteiger partial charge in [0.1, 0.15) is 5.75 Å². The van der Waals surface area contributed by atoms with Crippen molar-refractivity contribution < 1.29 is 9.47 Å². The fourth-order valence-corrected chi connectivity index (χ4v) is 1.56. The van der Waals surface area contributed by atoms with Crippen molar-refractivity contribution in [1.29, 1.82) is 0 Å². The Hall–Kier alpha value is -1.06. The average molecular weight is 209 g/mol. The number of methoxy groups -OCH3 is 2. The van der Waals surface area contributed by atoms with E-state index in [1.807, 2.05) is 25.1 Å². The van der Waals surface area contributed by atoms with Crippen LogP contribution in [0.2, 0.25) is 0 Å². The molecule has 0 saturated carbocycles. The van der Waals surface area contributed by atoms with Gasteiger partial charge in [0.15, 0.2) is 0 Å². The molecule has 0 aromatic heterocycles. The van der Waals surface area contributed by atoms with Gasteiger partial charge in [-0.3, -0.25) is 0 Å². The molecular formula is C12H19NO2. The third-order valence-corrected chi connectivity index (χ3v) is 2.26.